The predicted octanol–water partition coefficient (Wildman–Crippen LogP) is 3.47. The summed E-state index contributed by atoms with van der Waals surface area (Å²) in [6, 6.07) is 10.9. The van der Waals surface area contributed by atoms with E-state index < -0.39 is 4.92 Å². The number of hydrogen-bond donors (Lipinski definition) is 0. The molecule has 0 unspecified atom stereocenters. The van der Waals surface area contributed by atoms with Crippen molar-refractivity contribution in [1.29, 1.82) is 0 Å². The molecule has 146 valence electrons. The summed E-state index contributed by atoms with van der Waals surface area (Å²) < 4.78 is 3.72. The fourth-order valence-corrected chi connectivity index (χ4v) is 3.33. The molecule has 3 rings (SSSR count). The van der Waals surface area contributed by atoms with Crippen molar-refractivity contribution in [3.05, 3.63) is 57.6 Å². The molecule has 8 nitrogen and oxygen atoms in total. The quantitative estimate of drug-likeness (QED) is 0.294. The van der Waals surface area contributed by atoms with Crippen molar-refractivity contribution in [3.8, 4) is 0 Å². The Hall–Kier alpha value is -3.38. The Kier molecular flexibility index (Phi) is 5.33. The first-order valence-corrected chi connectivity index (χ1v) is 9.27. The lowest BCUT2D eigenvalue weighted by molar-refractivity contribution is -0.384. The third-order valence-corrected chi connectivity index (χ3v) is 5.10. The molecule has 3 aromatic rings. The standard InChI is InChI=1S/C20H25N6O2/c1-6-25(7-2)15-8-10-18(14(3)12-15)21-22-20-17-13-16(26(27)28)9-11-19(17)23(4)24(20)5/h8-13H,6-7H2,1-5H3/q+1. The van der Waals surface area contributed by atoms with Crippen molar-refractivity contribution in [2.75, 3.05) is 18.0 Å². The number of fused-ring (bicyclic) bond motifs is 1. The second kappa shape index (κ2) is 7.70. The molecular formula is C20H25N6O2+. The number of nitro benzene ring substituents is 1. The number of anilines is 1. The zero-order chi connectivity index (χ0) is 20.4. The minimum atomic E-state index is -0.399. The number of rotatable bonds is 5. The maximum absolute atomic E-state index is 11.1. The van der Waals surface area contributed by atoms with Crippen molar-refractivity contribution < 1.29 is 9.71 Å². The molecule has 2 aromatic carbocycles. The molecule has 0 bridgehead atoms. The lowest BCUT2D eigenvalue weighted by atomic mass is 10.1. The summed E-state index contributed by atoms with van der Waals surface area (Å²) in [5, 5.41) is 16.3. The molecule has 0 aliphatic heterocycles. The van der Waals surface area contributed by atoms with Crippen LogP contribution < -0.4 is 10.4 Å². The lowest BCUT2D eigenvalue weighted by Crippen LogP contribution is -2.21. The largest absolute Gasteiger partial charge is 0.434 e. The van der Waals surface area contributed by atoms with Crippen molar-refractivity contribution in [1.82, 2.24) is 9.36 Å². The second-order valence-corrected chi connectivity index (χ2v) is 6.67. The summed E-state index contributed by atoms with van der Waals surface area (Å²) in [5.41, 5.74) is 4.44. The molecule has 0 aliphatic rings. The molecule has 0 aliphatic carbocycles. The first-order valence-electron chi connectivity index (χ1n) is 9.27. The van der Waals surface area contributed by atoms with Gasteiger partial charge in [0.05, 0.1) is 10.4 Å². The summed E-state index contributed by atoms with van der Waals surface area (Å²) in [6.07, 6.45) is 0. The molecule has 0 spiro atoms. The highest BCUT2D eigenvalue weighted by molar-refractivity contribution is 5.80. The molecule has 0 radical (unpaired) electrons. The first kappa shape index (κ1) is 19.4. The molecule has 0 atom stereocenters. The highest BCUT2D eigenvalue weighted by atomic mass is 16.6. The number of non-ortho nitro benzene ring substituents is 1. The molecule has 0 amide bonds. The van der Waals surface area contributed by atoms with Gasteiger partial charge in [0.1, 0.15) is 18.1 Å². The van der Waals surface area contributed by atoms with Crippen LogP contribution in [0, 0.1) is 17.0 Å². The zero-order valence-electron chi connectivity index (χ0n) is 16.9. The molecule has 8 heteroatoms. The highest BCUT2D eigenvalue weighted by Gasteiger charge is 2.18. The van der Waals surface area contributed by atoms with Gasteiger partial charge in [-0.1, -0.05) is 4.79 Å². The van der Waals surface area contributed by atoms with Crippen LogP contribution in [0.25, 0.3) is 10.9 Å². The van der Waals surface area contributed by atoms with Crippen LogP contribution in [0.2, 0.25) is 0 Å². The van der Waals surface area contributed by atoms with Crippen LogP contribution in [-0.4, -0.2) is 32.2 Å². The first-order chi connectivity index (χ1) is 13.4. The van der Waals surface area contributed by atoms with E-state index in [2.05, 4.69) is 34.7 Å². The molecule has 0 saturated carbocycles. The molecule has 1 aromatic heterocycles. The Bertz CT molecular complexity index is 1150. The number of nitro groups is 1. The Morgan fingerprint density at radius 1 is 1.11 bits per heavy atom. The van der Waals surface area contributed by atoms with Crippen molar-refractivity contribution in [2.24, 2.45) is 19.2 Å². The summed E-state index contributed by atoms with van der Waals surface area (Å²) in [5.74, 6) is 0. The van der Waals surface area contributed by atoms with Gasteiger partial charge in [0.15, 0.2) is 0 Å². The molecule has 0 fully saturated rings. The lowest BCUT2D eigenvalue weighted by Gasteiger charge is -2.21. The van der Waals surface area contributed by atoms with Crippen LogP contribution in [0.5, 0.6) is 0 Å². The van der Waals surface area contributed by atoms with Gasteiger partial charge in [-0.05, 0) is 50.6 Å². The molecule has 28 heavy (non-hydrogen) atoms. The fourth-order valence-electron chi connectivity index (χ4n) is 3.33. The van der Waals surface area contributed by atoms with Gasteiger partial charge in [-0.15, -0.1) is 4.68 Å². The van der Waals surface area contributed by atoms with E-state index >= 15 is 0 Å². The average molecular weight is 381 g/mol. The third kappa shape index (κ3) is 3.42. The van der Waals surface area contributed by atoms with Gasteiger partial charge in [-0.25, -0.2) is 4.68 Å². The van der Waals surface area contributed by atoms with E-state index in [9.17, 15) is 10.1 Å². The monoisotopic (exact) mass is 381 g/mol. The minimum absolute atomic E-state index is 0.0370. The van der Waals surface area contributed by atoms with Gasteiger partial charge in [0, 0.05) is 43.1 Å². The Balaban J connectivity index is 2.17. The van der Waals surface area contributed by atoms with Crippen LogP contribution in [0.3, 0.4) is 0 Å². The van der Waals surface area contributed by atoms with Crippen molar-refractivity contribution in [2.45, 2.75) is 20.8 Å². The van der Waals surface area contributed by atoms with Crippen LogP contribution in [0.4, 0.5) is 17.1 Å². The molecule has 0 N–H and O–H groups in total. The SMILES string of the molecule is CCN(CC)c1ccc(N=[N+]=c2c3cc([N+](=O)[O-])ccc3n(C)n2C)c(C)c1. The Labute approximate surface area is 163 Å². The van der Waals surface area contributed by atoms with Crippen LogP contribution in [-0.2, 0) is 14.1 Å². The summed E-state index contributed by atoms with van der Waals surface area (Å²) in [6.45, 7) is 8.16. The molecule has 0 saturated heterocycles. The van der Waals surface area contributed by atoms with Crippen LogP contribution in [0.15, 0.2) is 41.5 Å². The van der Waals surface area contributed by atoms with E-state index in [-0.39, 0.29) is 5.69 Å². The van der Waals surface area contributed by atoms with Crippen LogP contribution >= 0.6 is 0 Å². The normalized spacial score (nSPS) is 10.8. The van der Waals surface area contributed by atoms with Gasteiger partial charge >= 0.3 is 5.49 Å². The summed E-state index contributed by atoms with van der Waals surface area (Å²) in [4.78, 5) is 17.5. The topological polar surface area (TPSA) is 82.7 Å². The van der Waals surface area contributed by atoms with Crippen molar-refractivity contribution in [3.63, 3.8) is 0 Å². The maximum atomic E-state index is 11.1. The predicted molar refractivity (Wildman–Crippen MR) is 109 cm³/mol. The van der Waals surface area contributed by atoms with Gasteiger partial charge < -0.3 is 4.90 Å². The van der Waals surface area contributed by atoms with Crippen molar-refractivity contribution >= 4 is 28.0 Å². The number of nitrogens with zero attached hydrogens (tertiary/aromatic N) is 6. The zero-order valence-corrected chi connectivity index (χ0v) is 16.9. The van der Waals surface area contributed by atoms with Gasteiger partial charge in [0.2, 0.25) is 0 Å². The number of aromatic nitrogens is 2. The molecular weight excluding hydrogens is 356 g/mol. The third-order valence-electron chi connectivity index (χ3n) is 5.10. The van der Waals surface area contributed by atoms with E-state index in [1.54, 1.807) is 12.1 Å². The van der Waals surface area contributed by atoms with E-state index in [0.717, 1.165) is 35.5 Å². The fraction of sp³-hybridized carbons (Fsp3) is 0.350. The maximum Gasteiger partial charge on any atom is 0.434 e. The van der Waals surface area contributed by atoms with Gasteiger partial charge in [-0.2, -0.15) is 0 Å². The van der Waals surface area contributed by atoms with E-state index in [1.165, 1.54) is 6.07 Å². The number of benzene rings is 2. The van der Waals surface area contributed by atoms with Crippen LogP contribution in [0.1, 0.15) is 19.4 Å². The van der Waals surface area contributed by atoms with E-state index in [0.29, 0.717) is 10.9 Å². The smallest absolute Gasteiger partial charge is 0.372 e. The van der Waals surface area contributed by atoms with Gasteiger partial charge in [0.25, 0.3) is 5.69 Å². The Morgan fingerprint density at radius 3 is 2.43 bits per heavy atom. The summed E-state index contributed by atoms with van der Waals surface area (Å²) in [7, 11) is 3.74. The minimum Gasteiger partial charge on any atom is -0.372 e. The average Bonchev–Trinajstić information content (AvgIpc) is 2.92. The second-order valence-electron chi connectivity index (χ2n) is 6.67. The van der Waals surface area contributed by atoms with Gasteiger partial charge in [-0.3, -0.25) is 10.1 Å². The van der Waals surface area contributed by atoms with E-state index in [1.807, 2.05) is 42.5 Å². The highest BCUT2D eigenvalue weighted by Crippen LogP contribution is 2.24. The number of hydrogen-bond acceptors (Lipinski definition) is 4. The van der Waals surface area contributed by atoms with E-state index in [4.69, 9.17) is 0 Å². The summed E-state index contributed by atoms with van der Waals surface area (Å²) >= 11 is 0. The number of aryl methyl sites for hydroxylation is 2. The Morgan fingerprint density at radius 2 is 1.82 bits per heavy atom. The molecule has 1 heterocycles.